The monoisotopic (exact) mass is 202 g/mol. The van der Waals surface area contributed by atoms with Gasteiger partial charge in [0.2, 0.25) is 0 Å². The van der Waals surface area contributed by atoms with Gasteiger partial charge in [-0.2, -0.15) is 0 Å². The van der Waals surface area contributed by atoms with Gasteiger partial charge in [-0.15, -0.1) is 0 Å². The van der Waals surface area contributed by atoms with Crippen LogP contribution in [-0.2, 0) is 21.6 Å². The van der Waals surface area contributed by atoms with Gasteiger partial charge in [0.1, 0.15) is 0 Å². The Morgan fingerprint density at radius 1 is 1.18 bits per heavy atom. The summed E-state index contributed by atoms with van der Waals surface area (Å²) in [6.45, 7) is 2.14. The molecule has 0 aliphatic carbocycles. The van der Waals surface area contributed by atoms with Gasteiger partial charge in [-0.05, 0) is 12.8 Å². The van der Waals surface area contributed by atoms with Crippen LogP contribution >= 0.6 is 0 Å². The quantitative estimate of drug-likeness (QED) is 0.605. The summed E-state index contributed by atoms with van der Waals surface area (Å²) in [6, 6.07) is 0. The van der Waals surface area contributed by atoms with Crippen molar-refractivity contribution in [3.8, 4) is 0 Å². The molecule has 0 fully saturated rings. The van der Waals surface area contributed by atoms with E-state index in [9.17, 15) is 9.90 Å². The van der Waals surface area contributed by atoms with E-state index in [-0.39, 0.29) is 23.2 Å². The molecule has 0 aromatic heterocycles. The second-order valence-electron chi connectivity index (χ2n) is 2.54. The van der Waals surface area contributed by atoms with E-state index >= 15 is 0 Å². The van der Waals surface area contributed by atoms with Crippen LogP contribution < -0.4 is 5.11 Å². The first kappa shape index (κ1) is 13.6. The van der Waals surface area contributed by atoms with Crippen LogP contribution in [0.4, 0.5) is 0 Å². The topological polar surface area (TPSA) is 40.1 Å². The third-order valence-corrected chi connectivity index (χ3v) is 1.48. The van der Waals surface area contributed by atoms with Crippen LogP contribution in [0, 0.1) is 0 Å². The number of carbonyl (C=O) groups is 1. The summed E-state index contributed by atoms with van der Waals surface area (Å²) < 4.78 is 0. The second-order valence-corrected chi connectivity index (χ2v) is 2.54. The zero-order valence-corrected chi connectivity index (χ0v) is 7.93. The van der Waals surface area contributed by atoms with Crippen LogP contribution in [-0.4, -0.2) is 5.97 Å². The van der Waals surface area contributed by atoms with Gasteiger partial charge in [0, 0.05) is 5.97 Å². The maximum Gasteiger partial charge on any atom is 2.00 e. The maximum absolute atomic E-state index is 9.92. The predicted octanol–water partition coefficient (Wildman–Crippen LogP) is 1.09. The average Bonchev–Trinajstić information content (AvgIpc) is 1.87. The first-order valence-corrected chi connectivity index (χ1v) is 3.97. The van der Waals surface area contributed by atoms with Crippen LogP contribution in [0.5, 0.6) is 0 Å². The number of hydrogen-bond donors (Lipinski definition) is 0. The van der Waals surface area contributed by atoms with Gasteiger partial charge in [0.05, 0.1) is 0 Å². The van der Waals surface area contributed by atoms with E-state index < -0.39 is 5.97 Å². The predicted molar refractivity (Wildman–Crippen MR) is 38.4 cm³/mol. The van der Waals surface area contributed by atoms with Gasteiger partial charge in [0.15, 0.2) is 0 Å². The van der Waals surface area contributed by atoms with Gasteiger partial charge in [0.25, 0.3) is 0 Å². The van der Waals surface area contributed by atoms with Crippen molar-refractivity contribution in [2.45, 2.75) is 45.4 Å². The fourth-order valence-electron chi connectivity index (χ4n) is 0.873. The van der Waals surface area contributed by atoms with Crippen molar-refractivity contribution in [2.24, 2.45) is 0 Å². The van der Waals surface area contributed by atoms with E-state index in [1.165, 1.54) is 12.8 Å². The molecule has 0 aliphatic rings. The van der Waals surface area contributed by atoms with E-state index in [0.717, 1.165) is 19.3 Å². The molecule has 0 rings (SSSR count). The smallest absolute Gasteiger partial charge is 0.550 e. The van der Waals surface area contributed by atoms with Crippen LogP contribution in [0.2, 0.25) is 0 Å². The van der Waals surface area contributed by atoms with E-state index in [2.05, 4.69) is 6.92 Å². The van der Waals surface area contributed by atoms with Crippen molar-refractivity contribution in [3.05, 3.63) is 0 Å². The van der Waals surface area contributed by atoms with Gasteiger partial charge >= 0.3 is 16.8 Å². The van der Waals surface area contributed by atoms with Crippen molar-refractivity contribution in [1.29, 1.82) is 0 Å². The fourth-order valence-corrected chi connectivity index (χ4v) is 0.873. The summed E-state index contributed by atoms with van der Waals surface area (Å²) in [5.74, 6) is -0.920. The van der Waals surface area contributed by atoms with Crippen molar-refractivity contribution in [2.75, 3.05) is 0 Å². The van der Waals surface area contributed by atoms with Crippen molar-refractivity contribution < 1.29 is 26.7 Å². The Bertz CT molecular complexity index is 94.1. The molecule has 0 aromatic rings. The number of unbranched alkanes of at least 4 members (excludes halogenated alkanes) is 4. The van der Waals surface area contributed by atoms with E-state index in [1.807, 2.05) is 0 Å². The first-order valence-electron chi connectivity index (χ1n) is 3.97. The number of carboxylic acid groups (broad SMARTS) is 1. The summed E-state index contributed by atoms with van der Waals surface area (Å²) in [5.41, 5.74) is 0. The molecule has 67 valence electrons. The third kappa shape index (κ3) is 13.0. The fraction of sp³-hybridized carbons (Fsp3) is 0.875. The zero-order valence-electron chi connectivity index (χ0n) is 6.89. The van der Waals surface area contributed by atoms with Crippen LogP contribution in [0.1, 0.15) is 45.4 Å². The summed E-state index contributed by atoms with van der Waals surface area (Å²) >= 11 is 0. The molecule has 0 bridgehead atoms. The van der Waals surface area contributed by atoms with Gasteiger partial charge in [-0.25, -0.2) is 0 Å². The second kappa shape index (κ2) is 9.98. The number of carboxylic acids is 1. The molecule has 0 aliphatic heterocycles. The van der Waals surface area contributed by atoms with Crippen molar-refractivity contribution >= 4 is 5.97 Å². The standard InChI is InChI=1S/C8H16O2.Co/c1-2-3-4-5-6-7-8(9)10;/h2-7H2,1H3,(H,9,10);/q;+2/p-1. The van der Waals surface area contributed by atoms with Crippen LogP contribution in [0.3, 0.4) is 0 Å². The molecular weight excluding hydrogens is 187 g/mol. The molecule has 0 heterocycles. The molecule has 0 spiro atoms. The van der Waals surface area contributed by atoms with Crippen molar-refractivity contribution in [1.82, 2.24) is 0 Å². The van der Waals surface area contributed by atoms with E-state index in [0.29, 0.717) is 0 Å². The molecule has 0 saturated heterocycles. The Labute approximate surface area is 78.6 Å². The molecule has 1 radical (unpaired) electrons. The molecule has 2 nitrogen and oxygen atoms in total. The molecule has 0 aromatic carbocycles. The Kier molecular flexibility index (Phi) is 12.3. The molecule has 0 unspecified atom stereocenters. The molecule has 0 atom stereocenters. The number of carbonyl (C=O) groups excluding carboxylic acids is 1. The maximum atomic E-state index is 9.92. The molecule has 3 heteroatoms. The first-order chi connectivity index (χ1) is 4.77. The average molecular weight is 202 g/mol. The summed E-state index contributed by atoms with van der Waals surface area (Å²) in [4.78, 5) is 9.92. The summed E-state index contributed by atoms with van der Waals surface area (Å²) in [7, 11) is 0. The van der Waals surface area contributed by atoms with Crippen LogP contribution in [0.25, 0.3) is 0 Å². The van der Waals surface area contributed by atoms with Crippen molar-refractivity contribution in [3.63, 3.8) is 0 Å². The molecule has 0 amide bonds. The summed E-state index contributed by atoms with van der Waals surface area (Å²) in [6.07, 6.45) is 5.61. The third-order valence-electron chi connectivity index (χ3n) is 1.48. The summed E-state index contributed by atoms with van der Waals surface area (Å²) in [5, 5.41) is 9.92. The van der Waals surface area contributed by atoms with Crippen LogP contribution in [0.15, 0.2) is 0 Å². The molecular formula is C8H15CoO2+. The Morgan fingerprint density at radius 2 is 1.73 bits per heavy atom. The Balaban J connectivity index is 0. The number of hydrogen-bond acceptors (Lipinski definition) is 2. The van der Waals surface area contributed by atoms with Gasteiger partial charge in [-0.3, -0.25) is 0 Å². The minimum Gasteiger partial charge on any atom is -0.550 e. The van der Waals surface area contributed by atoms with E-state index in [4.69, 9.17) is 0 Å². The SMILES string of the molecule is CCCCCCCC(=O)[O-].[Co+2]. The van der Waals surface area contributed by atoms with E-state index in [1.54, 1.807) is 0 Å². The van der Waals surface area contributed by atoms with Gasteiger partial charge < -0.3 is 9.90 Å². The minimum atomic E-state index is -0.920. The molecule has 0 N–H and O–H groups in total. The Hall–Kier alpha value is -0.0235. The zero-order chi connectivity index (χ0) is 7.82. The molecule has 11 heavy (non-hydrogen) atoms. The number of rotatable bonds is 6. The van der Waals surface area contributed by atoms with Gasteiger partial charge in [-0.1, -0.05) is 32.6 Å². The molecule has 0 saturated carbocycles. The number of aliphatic carboxylic acids is 1. The minimum absolute atomic E-state index is 0. The Morgan fingerprint density at radius 3 is 2.18 bits per heavy atom. The normalized spacial score (nSPS) is 8.82. The largest absolute Gasteiger partial charge is 2.00 e.